The van der Waals surface area contributed by atoms with Crippen LogP contribution in [0.4, 0.5) is 0 Å². The van der Waals surface area contributed by atoms with Gasteiger partial charge in [-0.05, 0) is 32.6 Å². The first-order valence-electron chi connectivity index (χ1n) is 6.47. The van der Waals surface area contributed by atoms with Gasteiger partial charge in [-0.1, -0.05) is 0 Å². The number of nitrogens with zero attached hydrogens (tertiary/aromatic N) is 1. The highest BCUT2D eigenvalue weighted by molar-refractivity contribution is 5.77. The Morgan fingerprint density at radius 1 is 1.47 bits per heavy atom. The normalized spacial score (nSPS) is 34.2. The molecule has 0 bridgehead atoms. The van der Waals surface area contributed by atoms with Gasteiger partial charge < -0.3 is 20.5 Å². The van der Waals surface area contributed by atoms with Crippen molar-refractivity contribution in [2.45, 2.75) is 44.3 Å². The monoisotopic (exact) mass is 241 g/mol. The summed E-state index contributed by atoms with van der Waals surface area (Å²) in [5.41, 5.74) is 5.70. The molecule has 2 rings (SSSR count). The molecule has 0 aromatic heterocycles. The molecule has 2 aliphatic heterocycles. The minimum absolute atomic E-state index is 0.115. The third-order valence-corrected chi connectivity index (χ3v) is 3.42. The molecule has 3 N–H and O–H groups in total. The first-order chi connectivity index (χ1) is 8.18. The Kier molecular flexibility index (Phi) is 4.23. The molecular weight excluding hydrogens is 218 g/mol. The number of hydrogen-bond acceptors (Lipinski definition) is 3. The molecule has 2 saturated heterocycles. The lowest BCUT2D eigenvalue weighted by Crippen LogP contribution is -2.38. The predicted octanol–water partition coefficient (Wildman–Crippen LogP) is 0.639. The molecule has 0 radical (unpaired) electrons. The van der Waals surface area contributed by atoms with Crippen molar-refractivity contribution in [3.8, 4) is 0 Å². The third kappa shape index (κ3) is 3.85. The Labute approximate surface area is 103 Å². The van der Waals surface area contributed by atoms with E-state index < -0.39 is 0 Å². The van der Waals surface area contributed by atoms with Gasteiger partial charge in [-0.2, -0.15) is 0 Å². The summed E-state index contributed by atoms with van der Waals surface area (Å²) in [5.74, 6) is 0.497. The van der Waals surface area contributed by atoms with Crippen molar-refractivity contribution in [1.29, 1.82) is 0 Å². The molecule has 0 aliphatic carbocycles. The van der Waals surface area contributed by atoms with Crippen molar-refractivity contribution in [2.24, 2.45) is 10.7 Å². The highest BCUT2D eigenvalue weighted by Gasteiger charge is 2.29. The topological polar surface area (TPSA) is 68.9 Å². The Hall–Kier alpha value is -0.810. The van der Waals surface area contributed by atoms with Crippen LogP contribution < -0.4 is 11.1 Å². The first kappa shape index (κ1) is 12.6. The van der Waals surface area contributed by atoms with Crippen LogP contribution in [0.1, 0.15) is 32.6 Å². The zero-order valence-electron chi connectivity index (χ0n) is 10.6. The standard InChI is InChI=1S/C12H23N3O2/c1-12(5-3-7-17-12)9-15-11(13)14-8-10-4-2-6-16-10/h10H,2-9H2,1H3,(H3,13,14,15). The maximum Gasteiger partial charge on any atom is 0.188 e. The molecule has 0 saturated carbocycles. The fraction of sp³-hybridized carbons (Fsp3) is 0.917. The van der Waals surface area contributed by atoms with Gasteiger partial charge in [0.05, 0.1) is 18.2 Å². The highest BCUT2D eigenvalue weighted by Crippen LogP contribution is 2.24. The van der Waals surface area contributed by atoms with Crippen LogP contribution in [0.5, 0.6) is 0 Å². The SMILES string of the molecule is CC1(CN=C(N)NCC2CCCO2)CCCO1. The van der Waals surface area contributed by atoms with E-state index in [1.807, 2.05) is 0 Å². The Morgan fingerprint density at radius 2 is 2.35 bits per heavy atom. The van der Waals surface area contributed by atoms with E-state index in [0.717, 1.165) is 45.4 Å². The summed E-state index contributed by atoms with van der Waals surface area (Å²) in [4.78, 5) is 4.34. The summed E-state index contributed by atoms with van der Waals surface area (Å²) in [6, 6.07) is 0. The summed E-state index contributed by atoms with van der Waals surface area (Å²) in [5, 5.41) is 3.11. The van der Waals surface area contributed by atoms with Gasteiger partial charge >= 0.3 is 0 Å². The second kappa shape index (κ2) is 5.69. The van der Waals surface area contributed by atoms with Crippen LogP contribution in [0.2, 0.25) is 0 Å². The molecule has 2 atom stereocenters. The third-order valence-electron chi connectivity index (χ3n) is 3.42. The number of aliphatic imine (C=N–C) groups is 1. The largest absolute Gasteiger partial charge is 0.376 e. The van der Waals surface area contributed by atoms with Gasteiger partial charge in [0.2, 0.25) is 0 Å². The van der Waals surface area contributed by atoms with Crippen molar-refractivity contribution in [3.05, 3.63) is 0 Å². The van der Waals surface area contributed by atoms with E-state index >= 15 is 0 Å². The van der Waals surface area contributed by atoms with Crippen molar-refractivity contribution >= 4 is 5.96 Å². The molecule has 2 unspecified atom stereocenters. The fourth-order valence-corrected chi connectivity index (χ4v) is 2.29. The number of rotatable bonds is 4. The smallest absolute Gasteiger partial charge is 0.188 e. The van der Waals surface area contributed by atoms with E-state index in [9.17, 15) is 0 Å². The number of nitrogens with two attached hydrogens (primary N) is 1. The Bertz CT molecular complexity index is 269. The first-order valence-corrected chi connectivity index (χ1v) is 6.47. The van der Waals surface area contributed by atoms with E-state index in [4.69, 9.17) is 15.2 Å². The molecule has 2 fully saturated rings. The second-order valence-electron chi connectivity index (χ2n) is 5.12. The quantitative estimate of drug-likeness (QED) is 0.560. The summed E-state index contributed by atoms with van der Waals surface area (Å²) in [6.07, 6.45) is 4.74. The van der Waals surface area contributed by atoms with Gasteiger partial charge in [-0.3, -0.25) is 4.99 Å². The summed E-state index contributed by atoms with van der Waals surface area (Å²) < 4.78 is 11.2. The van der Waals surface area contributed by atoms with Crippen LogP contribution in [0.15, 0.2) is 4.99 Å². The molecule has 5 heteroatoms. The molecule has 0 aromatic rings. The van der Waals surface area contributed by atoms with Gasteiger partial charge in [0.25, 0.3) is 0 Å². The van der Waals surface area contributed by atoms with E-state index in [1.165, 1.54) is 0 Å². The molecule has 17 heavy (non-hydrogen) atoms. The molecule has 5 nitrogen and oxygen atoms in total. The molecule has 0 aromatic carbocycles. The number of hydrogen-bond donors (Lipinski definition) is 2. The summed E-state index contributed by atoms with van der Waals surface area (Å²) >= 11 is 0. The highest BCUT2D eigenvalue weighted by atomic mass is 16.5. The van der Waals surface area contributed by atoms with Crippen LogP contribution in [0.25, 0.3) is 0 Å². The van der Waals surface area contributed by atoms with Crippen molar-refractivity contribution in [2.75, 3.05) is 26.3 Å². The zero-order valence-corrected chi connectivity index (χ0v) is 10.6. The molecule has 0 amide bonds. The van der Waals surface area contributed by atoms with E-state index in [1.54, 1.807) is 0 Å². The zero-order chi connectivity index (χ0) is 12.1. The maximum absolute atomic E-state index is 5.82. The average molecular weight is 241 g/mol. The minimum atomic E-state index is -0.115. The number of guanidine groups is 1. The van der Waals surface area contributed by atoms with Gasteiger partial charge in [0, 0.05) is 19.8 Å². The molecule has 2 aliphatic rings. The summed E-state index contributed by atoms with van der Waals surface area (Å²) in [7, 11) is 0. The van der Waals surface area contributed by atoms with Gasteiger partial charge in [-0.25, -0.2) is 0 Å². The van der Waals surface area contributed by atoms with Crippen LogP contribution in [0, 0.1) is 0 Å². The lowest BCUT2D eigenvalue weighted by molar-refractivity contribution is 0.0284. The number of ether oxygens (including phenoxy) is 2. The van der Waals surface area contributed by atoms with Crippen molar-refractivity contribution < 1.29 is 9.47 Å². The Balaban J connectivity index is 1.69. The van der Waals surface area contributed by atoms with E-state index in [-0.39, 0.29) is 5.60 Å². The second-order valence-corrected chi connectivity index (χ2v) is 5.12. The van der Waals surface area contributed by atoms with Crippen molar-refractivity contribution in [1.82, 2.24) is 5.32 Å². The maximum atomic E-state index is 5.82. The average Bonchev–Trinajstić information content (AvgIpc) is 2.95. The molecule has 0 spiro atoms. The van der Waals surface area contributed by atoms with Gasteiger partial charge in [0.1, 0.15) is 0 Å². The van der Waals surface area contributed by atoms with Crippen LogP contribution >= 0.6 is 0 Å². The fourth-order valence-electron chi connectivity index (χ4n) is 2.29. The molecule has 98 valence electrons. The molecular formula is C12H23N3O2. The van der Waals surface area contributed by atoms with Crippen LogP contribution in [-0.4, -0.2) is 44.0 Å². The van der Waals surface area contributed by atoms with Gasteiger partial charge in [-0.15, -0.1) is 0 Å². The predicted molar refractivity (Wildman–Crippen MR) is 67.1 cm³/mol. The Morgan fingerprint density at radius 3 is 3.00 bits per heavy atom. The van der Waals surface area contributed by atoms with Gasteiger partial charge in [0.15, 0.2) is 5.96 Å². The van der Waals surface area contributed by atoms with E-state index in [0.29, 0.717) is 18.6 Å². The van der Waals surface area contributed by atoms with Crippen LogP contribution in [0.3, 0.4) is 0 Å². The molecule has 2 heterocycles. The lowest BCUT2D eigenvalue weighted by Gasteiger charge is -2.20. The number of nitrogens with one attached hydrogen (secondary N) is 1. The summed E-state index contributed by atoms with van der Waals surface area (Å²) in [6.45, 7) is 5.20. The minimum Gasteiger partial charge on any atom is -0.376 e. The lowest BCUT2D eigenvalue weighted by atomic mass is 10.0. The van der Waals surface area contributed by atoms with E-state index in [2.05, 4.69) is 17.2 Å². The van der Waals surface area contributed by atoms with Crippen LogP contribution in [-0.2, 0) is 9.47 Å². The van der Waals surface area contributed by atoms with Crippen molar-refractivity contribution in [3.63, 3.8) is 0 Å².